The number of thiophene rings is 1. The number of rotatable bonds is 1. The Balaban J connectivity index is 2.87. The summed E-state index contributed by atoms with van der Waals surface area (Å²) >= 11 is 14.3. The van der Waals surface area contributed by atoms with Gasteiger partial charge in [0.2, 0.25) is 0 Å². The summed E-state index contributed by atoms with van der Waals surface area (Å²) < 4.78 is 2.52. The van der Waals surface area contributed by atoms with Crippen molar-refractivity contribution in [1.29, 1.82) is 0 Å². The number of hydrogen-bond donors (Lipinski definition) is 1. The Morgan fingerprint density at radius 1 is 1.54 bits per heavy atom. The normalized spacial score (nSPS) is 11.0. The molecular formula is C9H6ClIS2. The third-order valence-corrected chi connectivity index (χ3v) is 5.38. The van der Waals surface area contributed by atoms with Gasteiger partial charge in [0.05, 0.1) is 0 Å². The van der Waals surface area contributed by atoms with Crippen LogP contribution in [0.3, 0.4) is 0 Å². The lowest BCUT2D eigenvalue weighted by molar-refractivity contribution is 1.36. The molecule has 0 bridgehead atoms. The zero-order valence-electron chi connectivity index (χ0n) is 6.55. The van der Waals surface area contributed by atoms with Crippen molar-refractivity contribution in [2.24, 2.45) is 0 Å². The SMILES string of the molecule is Sc1cc(CCl)c2ccsc2c1I. The molecule has 68 valence electrons. The van der Waals surface area contributed by atoms with Crippen LogP contribution >= 0.6 is 58.2 Å². The van der Waals surface area contributed by atoms with Gasteiger partial charge in [0.1, 0.15) is 0 Å². The fourth-order valence-corrected chi connectivity index (χ4v) is 3.54. The summed E-state index contributed by atoms with van der Waals surface area (Å²) in [5.74, 6) is 0.553. The molecule has 0 nitrogen and oxygen atoms in total. The Bertz CT molecular complexity index is 450. The Morgan fingerprint density at radius 3 is 3.00 bits per heavy atom. The highest BCUT2D eigenvalue weighted by Gasteiger charge is 2.08. The standard InChI is InChI=1S/C9H6ClIS2/c10-4-5-3-7(12)8(11)9-6(5)1-2-13-9/h1-3,12H,4H2. The van der Waals surface area contributed by atoms with E-state index in [1.165, 1.54) is 19.2 Å². The fraction of sp³-hybridized carbons (Fsp3) is 0.111. The number of fused-ring (bicyclic) bond motifs is 1. The van der Waals surface area contributed by atoms with E-state index < -0.39 is 0 Å². The number of alkyl halides is 1. The van der Waals surface area contributed by atoms with Crippen molar-refractivity contribution in [2.45, 2.75) is 10.8 Å². The molecule has 0 saturated heterocycles. The molecule has 1 aromatic carbocycles. The first kappa shape index (κ1) is 10.1. The van der Waals surface area contributed by atoms with E-state index in [1.807, 2.05) is 6.07 Å². The van der Waals surface area contributed by atoms with Gasteiger partial charge in [-0.25, -0.2) is 0 Å². The molecule has 0 N–H and O–H groups in total. The van der Waals surface area contributed by atoms with Crippen molar-refractivity contribution >= 4 is 68.2 Å². The molecule has 0 atom stereocenters. The Hall–Kier alpha value is 0.550. The van der Waals surface area contributed by atoms with Crippen LogP contribution in [0, 0.1) is 3.57 Å². The largest absolute Gasteiger partial charge is 0.143 e. The molecule has 0 aliphatic heterocycles. The van der Waals surface area contributed by atoms with Gasteiger partial charge >= 0.3 is 0 Å². The summed E-state index contributed by atoms with van der Waals surface area (Å²) in [6.45, 7) is 0. The first-order valence-corrected chi connectivity index (χ1v) is 6.61. The van der Waals surface area contributed by atoms with Crippen LogP contribution in [0.4, 0.5) is 0 Å². The van der Waals surface area contributed by atoms with E-state index in [0.29, 0.717) is 5.88 Å². The average molecular weight is 341 g/mol. The summed E-state index contributed by atoms with van der Waals surface area (Å²) in [5.41, 5.74) is 1.17. The Kier molecular flexibility index (Phi) is 3.07. The third kappa shape index (κ3) is 1.71. The van der Waals surface area contributed by atoms with Gasteiger partial charge in [-0.05, 0) is 51.1 Å². The second-order valence-corrected chi connectivity index (χ2v) is 5.41. The van der Waals surface area contributed by atoms with E-state index in [9.17, 15) is 0 Å². The van der Waals surface area contributed by atoms with Crippen LogP contribution in [0.2, 0.25) is 0 Å². The maximum atomic E-state index is 5.86. The van der Waals surface area contributed by atoms with E-state index in [0.717, 1.165) is 4.90 Å². The number of hydrogen-bond acceptors (Lipinski definition) is 2. The minimum Gasteiger partial charge on any atom is -0.143 e. The van der Waals surface area contributed by atoms with E-state index in [1.54, 1.807) is 11.3 Å². The monoisotopic (exact) mass is 340 g/mol. The lowest BCUT2D eigenvalue weighted by atomic mass is 10.1. The molecule has 0 radical (unpaired) electrons. The van der Waals surface area contributed by atoms with Crippen LogP contribution in [0.1, 0.15) is 5.56 Å². The Labute approximate surface area is 105 Å². The maximum absolute atomic E-state index is 5.86. The molecule has 1 aromatic heterocycles. The van der Waals surface area contributed by atoms with Crippen molar-refractivity contribution in [3.63, 3.8) is 0 Å². The molecule has 13 heavy (non-hydrogen) atoms. The van der Waals surface area contributed by atoms with Crippen molar-refractivity contribution in [3.05, 3.63) is 26.6 Å². The van der Waals surface area contributed by atoms with Crippen LogP contribution in [0.5, 0.6) is 0 Å². The van der Waals surface area contributed by atoms with Crippen LogP contribution in [0.25, 0.3) is 10.1 Å². The predicted molar refractivity (Wildman–Crippen MR) is 71.4 cm³/mol. The quantitative estimate of drug-likeness (QED) is 0.440. The number of halogens is 2. The molecule has 0 spiro atoms. The lowest BCUT2D eigenvalue weighted by Gasteiger charge is -2.03. The van der Waals surface area contributed by atoms with Crippen molar-refractivity contribution in [3.8, 4) is 0 Å². The van der Waals surface area contributed by atoms with E-state index in [2.05, 4.69) is 46.7 Å². The summed E-state index contributed by atoms with van der Waals surface area (Å²) in [5, 5.41) is 3.36. The highest BCUT2D eigenvalue weighted by Crippen LogP contribution is 2.34. The molecule has 0 aliphatic rings. The zero-order valence-corrected chi connectivity index (χ0v) is 11.2. The van der Waals surface area contributed by atoms with Crippen LogP contribution in [0.15, 0.2) is 22.4 Å². The van der Waals surface area contributed by atoms with E-state index in [-0.39, 0.29) is 0 Å². The first-order chi connectivity index (χ1) is 6.24. The van der Waals surface area contributed by atoms with Gasteiger partial charge in [-0.3, -0.25) is 0 Å². The van der Waals surface area contributed by atoms with Gasteiger partial charge in [-0.15, -0.1) is 35.6 Å². The minimum atomic E-state index is 0.553. The van der Waals surface area contributed by atoms with Gasteiger partial charge in [0.25, 0.3) is 0 Å². The molecule has 0 fully saturated rings. The topological polar surface area (TPSA) is 0 Å². The van der Waals surface area contributed by atoms with Crippen molar-refractivity contribution in [1.82, 2.24) is 0 Å². The molecule has 0 saturated carbocycles. The van der Waals surface area contributed by atoms with Crippen LogP contribution in [-0.2, 0) is 5.88 Å². The maximum Gasteiger partial charge on any atom is 0.0490 e. The third-order valence-electron chi connectivity index (χ3n) is 1.89. The van der Waals surface area contributed by atoms with E-state index in [4.69, 9.17) is 11.6 Å². The highest BCUT2D eigenvalue weighted by atomic mass is 127. The van der Waals surface area contributed by atoms with Gasteiger partial charge in [-0.2, -0.15) is 0 Å². The average Bonchev–Trinajstić information content (AvgIpc) is 2.60. The second kappa shape index (κ2) is 3.96. The summed E-state index contributed by atoms with van der Waals surface area (Å²) in [4.78, 5) is 1.02. The van der Waals surface area contributed by atoms with Crippen LogP contribution < -0.4 is 0 Å². The summed E-state index contributed by atoms with van der Waals surface area (Å²) in [6.07, 6.45) is 0. The lowest BCUT2D eigenvalue weighted by Crippen LogP contribution is -1.83. The second-order valence-electron chi connectivity index (χ2n) is 2.67. The van der Waals surface area contributed by atoms with Gasteiger partial charge in [0, 0.05) is 19.0 Å². The Morgan fingerprint density at radius 2 is 2.31 bits per heavy atom. The number of thiol groups is 1. The minimum absolute atomic E-state index is 0.553. The van der Waals surface area contributed by atoms with Gasteiger partial charge < -0.3 is 0 Å². The zero-order chi connectivity index (χ0) is 9.42. The molecule has 4 heteroatoms. The van der Waals surface area contributed by atoms with Crippen molar-refractivity contribution < 1.29 is 0 Å². The molecule has 0 amide bonds. The summed E-state index contributed by atoms with van der Waals surface area (Å²) in [7, 11) is 0. The van der Waals surface area contributed by atoms with Crippen LogP contribution in [-0.4, -0.2) is 0 Å². The van der Waals surface area contributed by atoms with Gasteiger partial charge in [0.15, 0.2) is 0 Å². The predicted octanol–water partition coefficient (Wildman–Crippen LogP) is 4.53. The molecule has 0 unspecified atom stereocenters. The fourth-order valence-electron chi connectivity index (χ4n) is 1.27. The smallest absolute Gasteiger partial charge is 0.0490 e. The molecule has 1 heterocycles. The summed E-state index contributed by atoms with van der Waals surface area (Å²) in [6, 6.07) is 4.17. The van der Waals surface area contributed by atoms with Gasteiger partial charge in [-0.1, -0.05) is 0 Å². The number of benzene rings is 1. The first-order valence-electron chi connectivity index (χ1n) is 3.67. The molecule has 2 rings (SSSR count). The molecule has 2 aromatic rings. The molecular weight excluding hydrogens is 335 g/mol. The highest BCUT2D eigenvalue weighted by molar-refractivity contribution is 14.1. The van der Waals surface area contributed by atoms with E-state index >= 15 is 0 Å². The molecule has 0 aliphatic carbocycles. The van der Waals surface area contributed by atoms with Crippen molar-refractivity contribution in [2.75, 3.05) is 0 Å².